The molecule has 2 heteroatoms. The summed E-state index contributed by atoms with van der Waals surface area (Å²) in [7, 11) is 0. The van der Waals surface area contributed by atoms with Gasteiger partial charge in [-0.2, -0.15) is 0 Å². The Balaban J connectivity index is 3.03. The maximum atomic E-state index is 11.0. The topological polar surface area (TPSA) is 37.3 Å². The van der Waals surface area contributed by atoms with Crippen LogP contribution in [0.2, 0.25) is 0 Å². The molecule has 0 spiro atoms. The molecule has 0 aromatic rings. The van der Waals surface area contributed by atoms with Gasteiger partial charge in [0.1, 0.15) is 0 Å². The summed E-state index contributed by atoms with van der Waals surface area (Å²) in [6, 6.07) is 0. The molecule has 66 valence electrons. The number of rotatable bonds is 1. The molecule has 0 saturated heterocycles. The second kappa shape index (κ2) is 2.77. The Labute approximate surface area is 72.6 Å². The van der Waals surface area contributed by atoms with Crippen molar-refractivity contribution in [1.29, 1.82) is 0 Å². The summed E-state index contributed by atoms with van der Waals surface area (Å²) < 4.78 is 0. The van der Waals surface area contributed by atoms with Crippen molar-refractivity contribution in [3.05, 3.63) is 23.8 Å². The van der Waals surface area contributed by atoms with Gasteiger partial charge in [0.25, 0.3) is 0 Å². The minimum Gasteiger partial charge on any atom is -0.481 e. The molecule has 0 radical (unpaired) electrons. The minimum atomic E-state index is -0.751. The van der Waals surface area contributed by atoms with Gasteiger partial charge in [-0.1, -0.05) is 30.7 Å². The molecule has 2 unspecified atom stereocenters. The second-order valence-corrected chi connectivity index (χ2v) is 3.58. The fraction of sp³-hybridized carbons (Fsp3) is 0.500. The van der Waals surface area contributed by atoms with Crippen molar-refractivity contribution in [2.24, 2.45) is 11.3 Å². The molecule has 0 amide bonds. The first-order chi connectivity index (χ1) is 5.48. The highest BCUT2D eigenvalue weighted by atomic mass is 16.4. The molecule has 0 heterocycles. The van der Waals surface area contributed by atoms with Gasteiger partial charge in [-0.15, -0.1) is 0 Å². The van der Waals surface area contributed by atoms with Gasteiger partial charge in [-0.3, -0.25) is 4.79 Å². The molecule has 0 bridgehead atoms. The zero-order chi connectivity index (χ0) is 9.35. The third kappa shape index (κ3) is 1.17. The van der Waals surface area contributed by atoms with E-state index in [0.717, 1.165) is 5.57 Å². The van der Waals surface area contributed by atoms with Crippen molar-refractivity contribution in [3.63, 3.8) is 0 Å². The summed E-state index contributed by atoms with van der Waals surface area (Å²) in [5.41, 5.74) is 0.404. The largest absolute Gasteiger partial charge is 0.481 e. The van der Waals surface area contributed by atoms with E-state index in [-0.39, 0.29) is 5.92 Å². The lowest BCUT2D eigenvalue weighted by atomic mass is 9.72. The Bertz CT molecular complexity index is 263. The van der Waals surface area contributed by atoms with E-state index in [2.05, 4.69) is 0 Å². The van der Waals surface area contributed by atoms with Crippen molar-refractivity contribution >= 4 is 5.97 Å². The first-order valence-electron chi connectivity index (χ1n) is 4.08. The zero-order valence-electron chi connectivity index (χ0n) is 7.66. The van der Waals surface area contributed by atoms with Crippen LogP contribution in [0.25, 0.3) is 0 Å². The predicted octanol–water partition coefficient (Wildman–Crippen LogP) is 2.23. The van der Waals surface area contributed by atoms with Crippen LogP contribution in [0, 0.1) is 11.3 Å². The molecule has 0 aromatic heterocycles. The summed E-state index contributed by atoms with van der Waals surface area (Å²) in [6.07, 6.45) is 5.55. The molecule has 0 aromatic carbocycles. The summed E-state index contributed by atoms with van der Waals surface area (Å²) in [4.78, 5) is 11.0. The molecule has 12 heavy (non-hydrogen) atoms. The van der Waals surface area contributed by atoms with Crippen molar-refractivity contribution in [1.82, 2.24) is 0 Å². The quantitative estimate of drug-likeness (QED) is 0.648. The van der Waals surface area contributed by atoms with Crippen LogP contribution in [-0.4, -0.2) is 11.1 Å². The van der Waals surface area contributed by atoms with Crippen LogP contribution >= 0.6 is 0 Å². The molecule has 0 aliphatic heterocycles. The van der Waals surface area contributed by atoms with E-state index in [0.29, 0.717) is 0 Å². The van der Waals surface area contributed by atoms with Gasteiger partial charge in [0, 0.05) is 0 Å². The highest BCUT2D eigenvalue weighted by Crippen LogP contribution is 2.36. The highest BCUT2D eigenvalue weighted by Gasteiger charge is 2.38. The highest BCUT2D eigenvalue weighted by molar-refractivity contribution is 5.78. The van der Waals surface area contributed by atoms with Gasteiger partial charge in [0.05, 0.1) is 5.41 Å². The second-order valence-electron chi connectivity index (χ2n) is 3.58. The van der Waals surface area contributed by atoms with Gasteiger partial charge in [-0.05, 0) is 19.8 Å². The minimum absolute atomic E-state index is 0.0833. The van der Waals surface area contributed by atoms with E-state index in [1.54, 1.807) is 13.0 Å². The van der Waals surface area contributed by atoms with E-state index in [1.807, 2.05) is 26.0 Å². The van der Waals surface area contributed by atoms with E-state index in [4.69, 9.17) is 5.11 Å². The Kier molecular flexibility index (Phi) is 2.09. The van der Waals surface area contributed by atoms with Crippen molar-refractivity contribution in [2.45, 2.75) is 20.8 Å². The number of allylic oxidation sites excluding steroid dienone is 3. The van der Waals surface area contributed by atoms with Crippen molar-refractivity contribution in [3.8, 4) is 0 Å². The Hall–Kier alpha value is -1.05. The van der Waals surface area contributed by atoms with E-state index in [1.165, 1.54) is 0 Å². The average Bonchev–Trinajstić information content (AvgIpc) is 2.00. The summed E-state index contributed by atoms with van der Waals surface area (Å²) >= 11 is 0. The Morgan fingerprint density at radius 2 is 2.25 bits per heavy atom. The van der Waals surface area contributed by atoms with Crippen LogP contribution in [0.1, 0.15) is 20.8 Å². The number of carboxylic acids is 1. The molecule has 2 atom stereocenters. The molecule has 2 nitrogen and oxygen atoms in total. The molecular weight excluding hydrogens is 152 g/mol. The summed E-state index contributed by atoms with van der Waals surface area (Å²) in [6.45, 7) is 5.67. The van der Waals surface area contributed by atoms with Gasteiger partial charge in [0.2, 0.25) is 0 Å². The van der Waals surface area contributed by atoms with Crippen LogP contribution < -0.4 is 0 Å². The van der Waals surface area contributed by atoms with E-state index in [9.17, 15) is 4.79 Å². The fourth-order valence-electron chi connectivity index (χ4n) is 1.42. The van der Waals surface area contributed by atoms with Crippen LogP contribution in [0.15, 0.2) is 23.8 Å². The lowest BCUT2D eigenvalue weighted by Crippen LogP contribution is -2.34. The third-order valence-corrected chi connectivity index (χ3v) is 2.84. The number of carboxylic acid groups (broad SMARTS) is 1. The van der Waals surface area contributed by atoms with Crippen LogP contribution in [0.3, 0.4) is 0 Å². The first-order valence-corrected chi connectivity index (χ1v) is 4.08. The maximum absolute atomic E-state index is 11.0. The standard InChI is InChI=1S/C10H14O2/c1-7-5-4-6-10(3,8(7)2)9(11)12/h4-6,8H,1-3H3,(H,11,12). The summed E-state index contributed by atoms with van der Waals surface area (Å²) in [5, 5.41) is 9.01. The Morgan fingerprint density at radius 1 is 1.67 bits per heavy atom. The molecular formula is C10H14O2. The summed E-state index contributed by atoms with van der Waals surface area (Å²) in [5.74, 6) is -0.668. The smallest absolute Gasteiger partial charge is 0.313 e. The van der Waals surface area contributed by atoms with E-state index >= 15 is 0 Å². The molecule has 1 N–H and O–H groups in total. The van der Waals surface area contributed by atoms with E-state index < -0.39 is 11.4 Å². The monoisotopic (exact) mass is 166 g/mol. The van der Waals surface area contributed by atoms with Crippen LogP contribution in [0.5, 0.6) is 0 Å². The molecule has 1 aliphatic carbocycles. The first kappa shape index (κ1) is 9.04. The zero-order valence-corrected chi connectivity index (χ0v) is 7.66. The lowest BCUT2D eigenvalue weighted by Gasteiger charge is -2.31. The molecule has 0 fully saturated rings. The predicted molar refractivity (Wildman–Crippen MR) is 47.8 cm³/mol. The number of aliphatic carboxylic acids is 1. The normalized spacial score (nSPS) is 34.6. The third-order valence-electron chi connectivity index (χ3n) is 2.84. The van der Waals surface area contributed by atoms with Gasteiger partial charge < -0.3 is 5.11 Å². The molecule has 1 rings (SSSR count). The van der Waals surface area contributed by atoms with Crippen LogP contribution in [-0.2, 0) is 4.79 Å². The Morgan fingerprint density at radius 3 is 2.67 bits per heavy atom. The van der Waals surface area contributed by atoms with Crippen LogP contribution in [0.4, 0.5) is 0 Å². The number of carbonyl (C=O) groups is 1. The van der Waals surface area contributed by atoms with Gasteiger partial charge in [0.15, 0.2) is 0 Å². The van der Waals surface area contributed by atoms with Crippen molar-refractivity contribution < 1.29 is 9.90 Å². The average molecular weight is 166 g/mol. The van der Waals surface area contributed by atoms with Gasteiger partial charge >= 0.3 is 5.97 Å². The fourth-order valence-corrected chi connectivity index (χ4v) is 1.42. The lowest BCUT2D eigenvalue weighted by molar-refractivity contribution is -0.147. The number of hydrogen-bond donors (Lipinski definition) is 1. The van der Waals surface area contributed by atoms with Crippen molar-refractivity contribution in [2.75, 3.05) is 0 Å². The molecule has 0 saturated carbocycles. The molecule has 1 aliphatic rings. The SMILES string of the molecule is CC1=CC=CC(C)(C(=O)O)C1C. The number of hydrogen-bond acceptors (Lipinski definition) is 1. The van der Waals surface area contributed by atoms with Gasteiger partial charge in [-0.25, -0.2) is 0 Å². The maximum Gasteiger partial charge on any atom is 0.313 e.